The van der Waals surface area contributed by atoms with Crippen molar-refractivity contribution in [1.29, 1.82) is 0 Å². The molecule has 2 heteroatoms. The lowest BCUT2D eigenvalue weighted by Gasteiger charge is -2.29. The van der Waals surface area contributed by atoms with E-state index in [1.54, 1.807) is 0 Å². The van der Waals surface area contributed by atoms with Crippen molar-refractivity contribution in [2.45, 2.75) is 27.7 Å². The van der Waals surface area contributed by atoms with Gasteiger partial charge in [0.15, 0.2) is 11.5 Å². The maximum absolute atomic E-state index is 5.81. The molecule has 0 aliphatic carbocycles. The molecule has 1 aliphatic rings. The smallest absolute Gasteiger partial charge is 0.151 e. The number of fused-ring (bicyclic) bond motifs is 2. The molecule has 0 unspecified atom stereocenters. The average Bonchev–Trinajstić information content (AvgIpc) is 2.52. The lowest BCUT2D eigenvalue weighted by Crippen LogP contribution is -2.15. The molecule has 0 saturated carbocycles. The summed E-state index contributed by atoms with van der Waals surface area (Å²) in [6.07, 6.45) is 0. The number of hydrogen-bond donors (Lipinski definition) is 0. The predicted octanol–water partition coefficient (Wildman–Crippen LogP) is 5.61. The summed E-state index contributed by atoms with van der Waals surface area (Å²) in [5.41, 5.74) is 2.22. The van der Waals surface area contributed by atoms with E-state index in [0.29, 0.717) is 0 Å². The molecule has 1 heterocycles. The minimum atomic E-state index is 0.915. The van der Waals surface area contributed by atoms with Gasteiger partial charge in [0.1, 0.15) is 0 Å². The first kappa shape index (κ1) is 15.1. The fourth-order valence-electron chi connectivity index (χ4n) is 1.89. The Morgan fingerprint density at radius 2 is 1.05 bits per heavy atom. The topological polar surface area (TPSA) is 12.5 Å². The van der Waals surface area contributed by atoms with E-state index in [1.807, 2.05) is 64.1 Å². The van der Waals surface area contributed by atoms with Crippen LogP contribution in [0.3, 0.4) is 0 Å². The van der Waals surface area contributed by atoms with Crippen LogP contribution in [-0.2, 0) is 0 Å². The molecular formula is C17H23NO. The Balaban J connectivity index is 0.000000415. The highest BCUT2D eigenvalue weighted by Gasteiger charge is 2.19. The Hall–Kier alpha value is -1.96. The van der Waals surface area contributed by atoms with Crippen LogP contribution in [0.15, 0.2) is 48.5 Å². The van der Waals surface area contributed by atoms with E-state index in [2.05, 4.69) is 24.1 Å². The molecule has 0 spiro atoms. The first-order chi connectivity index (χ1) is 9.36. The average molecular weight is 257 g/mol. The van der Waals surface area contributed by atoms with Gasteiger partial charge in [0.05, 0.1) is 11.4 Å². The van der Waals surface area contributed by atoms with Gasteiger partial charge in [0.25, 0.3) is 0 Å². The van der Waals surface area contributed by atoms with Gasteiger partial charge in [-0.3, -0.25) is 0 Å². The first-order valence-electron chi connectivity index (χ1n) is 6.96. The second-order valence-corrected chi connectivity index (χ2v) is 3.60. The molecule has 2 aromatic carbocycles. The Kier molecular flexibility index (Phi) is 5.94. The summed E-state index contributed by atoms with van der Waals surface area (Å²) in [6.45, 7) is 8.00. The zero-order valence-corrected chi connectivity index (χ0v) is 12.5. The van der Waals surface area contributed by atoms with Crippen molar-refractivity contribution in [2.24, 2.45) is 0 Å². The van der Waals surface area contributed by atoms with Gasteiger partial charge in [-0.05, 0) is 24.3 Å². The van der Waals surface area contributed by atoms with Crippen molar-refractivity contribution in [2.75, 3.05) is 11.9 Å². The normalized spacial score (nSPS) is 10.7. The SMILES string of the molecule is CC.CC.CN1c2ccccc2Oc2ccccc21. The zero-order valence-electron chi connectivity index (χ0n) is 12.5. The Labute approximate surface area is 116 Å². The maximum Gasteiger partial charge on any atom is 0.151 e. The molecule has 1 aliphatic heterocycles. The molecular weight excluding hydrogens is 234 g/mol. The molecule has 2 aromatic rings. The summed E-state index contributed by atoms with van der Waals surface area (Å²) in [4.78, 5) is 2.15. The largest absolute Gasteiger partial charge is 0.453 e. The van der Waals surface area contributed by atoms with Crippen LogP contribution in [0.4, 0.5) is 11.4 Å². The van der Waals surface area contributed by atoms with Gasteiger partial charge in [-0.25, -0.2) is 0 Å². The van der Waals surface area contributed by atoms with E-state index in [4.69, 9.17) is 4.74 Å². The predicted molar refractivity (Wildman–Crippen MR) is 83.7 cm³/mol. The monoisotopic (exact) mass is 257 g/mol. The molecule has 2 nitrogen and oxygen atoms in total. The number of anilines is 2. The van der Waals surface area contributed by atoms with Crippen molar-refractivity contribution in [1.82, 2.24) is 0 Å². The summed E-state index contributed by atoms with van der Waals surface area (Å²) in [6, 6.07) is 16.1. The van der Waals surface area contributed by atoms with Gasteiger partial charge in [-0.1, -0.05) is 52.0 Å². The number of rotatable bonds is 0. The van der Waals surface area contributed by atoms with Gasteiger partial charge >= 0.3 is 0 Å². The highest BCUT2D eigenvalue weighted by atomic mass is 16.5. The highest BCUT2D eigenvalue weighted by molar-refractivity contribution is 5.76. The Morgan fingerprint density at radius 3 is 1.47 bits per heavy atom. The van der Waals surface area contributed by atoms with Crippen LogP contribution >= 0.6 is 0 Å². The van der Waals surface area contributed by atoms with Crippen molar-refractivity contribution < 1.29 is 4.74 Å². The molecule has 0 fully saturated rings. The summed E-state index contributed by atoms with van der Waals surface area (Å²) in [5, 5.41) is 0. The van der Waals surface area contributed by atoms with Crippen LogP contribution in [0.1, 0.15) is 27.7 Å². The van der Waals surface area contributed by atoms with E-state index in [1.165, 1.54) is 0 Å². The molecule has 0 saturated heterocycles. The molecule has 3 rings (SSSR count). The second-order valence-electron chi connectivity index (χ2n) is 3.60. The van der Waals surface area contributed by atoms with Crippen molar-refractivity contribution in [3.63, 3.8) is 0 Å². The van der Waals surface area contributed by atoms with Crippen LogP contribution in [0, 0.1) is 0 Å². The van der Waals surface area contributed by atoms with Crippen molar-refractivity contribution in [3.05, 3.63) is 48.5 Å². The number of para-hydroxylation sites is 4. The lowest BCUT2D eigenvalue weighted by molar-refractivity contribution is 0.475. The van der Waals surface area contributed by atoms with Crippen LogP contribution in [0.5, 0.6) is 11.5 Å². The van der Waals surface area contributed by atoms with E-state index < -0.39 is 0 Å². The third-order valence-corrected chi connectivity index (χ3v) is 2.67. The van der Waals surface area contributed by atoms with Crippen LogP contribution in [0.2, 0.25) is 0 Å². The quantitative estimate of drug-likeness (QED) is 0.608. The van der Waals surface area contributed by atoms with Gasteiger partial charge < -0.3 is 9.64 Å². The second kappa shape index (κ2) is 7.47. The summed E-state index contributed by atoms with van der Waals surface area (Å²) >= 11 is 0. The van der Waals surface area contributed by atoms with Gasteiger partial charge in [0, 0.05) is 7.05 Å². The fourth-order valence-corrected chi connectivity index (χ4v) is 1.89. The molecule has 0 aromatic heterocycles. The van der Waals surface area contributed by atoms with Crippen molar-refractivity contribution in [3.8, 4) is 11.5 Å². The van der Waals surface area contributed by atoms with Gasteiger partial charge in [0.2, 0.25) is 0 Å². The van der Waals surface area contributed by atoms with E-state index in [0.717, 1.165) is 22.9 Å². The molecule has 19 heavy (non-hydrogen) atoms. The lowest BCUT2D eigenvalue weighted by atomic mass is 10.2. The zero-order chi connectivity index (χ0) is 14.3. The molecule has 102 valence electrons. The highest BCUT2D eigenvalue weighted by Crippen LogP contribution is 2.44. The molecule has 0 N–H and O–H groups in total. The minimum Gasteiger partial charge on any atom is -0.453 e. The molecule has 0 radical (unpaired) electrons. The molecule has 0 amide bonds. The fraction of sp³-hybridized carbons (Fsp3) is 0.294. The number of nitrogens with zero attached hydrogens (tertiary/aromatic N) is 1. The third-order valence-electron chi connectivity index (χ3n) is 2.67. The van der Waals surface area contributed by atoms with Crippen LogP contribution < -0.4 is 9.64 Å². The molecule has 0 bridgehead atoms. The summed E-state index contributed by atoms with van der Waals surface area (Å²) < 4.78 is 5.81. The number of ether oxygens (including phenoxy) is 1. The summed E-state index contributed by atoms with van der Waals surface area (Å²) in [5.74, 6) is 1.83. The Morgan fingerprint density at radius 1 is 0.684 bits per heavy atom. The summed E-state index contributed by atoms with van der Waals surface area (Å²) in [7, 11) is 2.06. The number of benzene rings is 2. The van der Waals surface area contributed by atoms with Crippen LogP contribution in [0.25, 0.3) is 0 Å². The standard InChI is InChI=1S/C13H11NO.2C2H6/c1-14-10-6-2-4-8-12(10)15-13-9-5-3-7-11(13)14;2*1-2/h2-9H,1H3;2*1-2H3. The van der Waals surface area contributed by atoms with Gasteiger partial charge in [-0.15, -0.1) is 0 Å². The first-order valence-corrected chi connectivity index (χ1v) is 6.96. The third kappa shape index (κ3) is 3.08. The van der Waals surface area contributed by atoms with Crippen molar-refractivity contribution >= 4 is 11.4 Å². The minimum absolute atomic E-state index is 0.915. The van der Waals surface area contributed by atoms with Gasteiger partial charge in [-0.2, -0.15) is 0 Å². The molecule has 0 atom stereocenters. The van der Waals surface area contributed by atoms with E-state index in [9.17, 15) is 0 Å². The van der Waals surface area contributed by atoms with E-state index in [-0.39, 0.29) is 0 Å². The van der Waals surface area contributed by atoms with Crippen LogP contribution in [-0.4, -0.2) is 7.05 Å². The maximum atomic E-state index is 5.81. The number of hydrogen-bond acceptors (Lipinski definition) is 2. The Bertz CT molecular complexity index is 463. The van der Waals surface area contributed by atoms with E-state index >= 15 is 0 Å².